The molecule has 7 heteroatoms. The number of halogens is 2. The lowest BCUT2D eigenvalue weighted by Gasteiger charge is -2.32. The summed E-state index contributed by atoms with van der Waals surface area (Å²) in [5.74, 6) is 1.81. The zero-order chi connectivity index (χ0) is 16.8. The van der Waals surface area contributed by atoms with E-state index in [1.807, 2.05) is 42.4 Å². The maximum atomic E-state index is 6.03. The van der Waals surface area contributed by atoms with E-state index in [4.69, 9.17) is 9.47 Å². The summed E-state index contributed by atoms with van der Waals surface area (Å²) >= 11 is 0. The molecule has 0 aromatic heterocycles. The normalized spacial score (nSPS) is 18.1. The Bertz CT molecular complexity index is 602. The molecule has 2 aliphatic rings. The molecule has 0 N–H and O–H groups in total. The number of benzene rings is 1. The van der Waals surface area contributed by atoms with Crippen LogP contribution in [0.3, 0.4) is 0 Å². The average Bonchev–Trinajstić information content (AvgIpc) is 3.01. The SMILES string of the molecule is CN1C=C(/C=C/c2ccccc2OCCN2CCN(C)CC2)OC1.Cl.Cl. The van der Waals surface area contributed by atoms with E-state index in [2.05, 4.69) is 29.0 Å². The number of piperazine rings is 1. The molecule has 0 amide bonds. The van der Waals surface area contributed by atoms with Crippen molar-refractivity contribution in [2.24, 2.45) is 0 Å². The minimum Gasteiger partial charge on any atom is -0.492 e. The summed E-state index contributed by atoms with van der Waals surface area (Å²) in [5.41, 5.74) is 1.08. The van der Waals surface area contributed by atoms with Crippen molar-refractivity contribution in [2.45, 2.75) is 0 Å². The predicted molar refractivity (Wildman–Crippen MR) is 111 cm³/mol. The van der Waals surface area contributed by atoms with Crippen molar-refractivity contribution in [1.82, 2.24) is 14.7 Å². The van der Waals surface area contributed by atoms with Crippen molar-refractivity contribution in [3.05, 3.63) is 47.9 Å². The summed E-state index contributed by atoms with van der Waals surface area (Å²) < 4.78 is 11.6. The van der Waals surface area contributed by atoms with Gasteiger partial charge < -0.3 is 19.3 Å². The number of allylic oxidation sites excluding steroid dienone is 1. The largest absolute Gasteiger partial charge is 0.492 e. The second kappa shape index (κ2) is 11.3. The minimum atomic E-state index is 0. The van der Waals surface area contributed by atoms with Gasteiger partial charge in [-0.2, -0.15) is 0 Å². The molecule has 0 unspecified atom stereocenters. The van der Waals surface area contributed by atoms with Gasteiger partial charge in [0.05, 0.1) is 0 Å². The van der Waals surface area contributed by atoms with E-state index in [9.17, 15) is 0 Å². The number of likely N-dealkylation sites (N-methyl/N-ethyl adjacent to an activating group) is 1. The molecule has 3 rings (SSSR count). The highest BCUT2D eigenvalue weighted by Gasteiger charge is 2.13. The van der Waals surface area contributed by atoms with E-state index in [-0.39, 0.29) is 24.8 Å². The third-order valence-electron chi connectivity index (χ3n) is 4.39. The number of rotatable bonds is 6. The summed E-state index contributed by atoms with van der Waals surface area (Å²) in [6, 6.07) is 8.14. The molecule has 146 valence electrons. The number of hydrogen-bond donors (Lipinski definition) is 0. The number of hydrogen-bond acceptors (Lipinski definition) is 5. The van der Waals surface area contributed by atoms with Crippen LogP contribution in [0.15, 0.2) is 42.3 Å². The third-order valence-corrected chi connectivity index (χ3v) is 4.39. The Morgan fingerprint density at radius 1 is 1.04 bits per heavy atom. The van der Waals surface area contributed by atoms with E-state index < -0.39 is 0 Å². The first-order chi connectivity index (χ1) is 11.7. The molecule has 5 nitrogen and oxygen atoms in total. The Morgan fingerprint density at radius 2 is 1.77 bits per heavy atom. The molecular formula is C19H29Cl2N3O2. The van der Waals surface area contributed by atoms with Gasteiger partial charge in [0.1, 0.15) is 18.1 Å². The van der Waals surface area contributed by atoms with Crippen molar-refractivity contribution in [2.75, 3.05) is 60.2 Å². The summed E-state index contributed by atoms with van der Waals surface area (Å²) in [4.78, 5) is 6.85. The van der Waals surface area contributed by atoms with Gasteiger partial charge in [-0.3, -0.25) is 4.90 Å². The van der Waals surface area contributed by atoms with Crippen LogP contribution in [0.2, 0.25) is 0 Å². The molecule has 1 aromatic rings. The van der Waals surface area contributed by atoms with Crippen LogP contribution in [0, 0.1) is 0 Å². The molecular weight excluding hydrogens is 373 g/mol. The van der Waals surface area contributed by atoms with E-state index >= 15 is 0 Å². The van der Waals surface area contributed by atoms with Gasteiger partial charge in [0.15, 0.2) is 6.73 Å². The van der Waals surface area contributed by atoms with Crippen molar-refractivity contribution < 1.29 is 9.47 Å². The Hall–Kier alpha value is -1.40. The highest BCUT2D eigenvalue weighted by Crippen LogP contribution is 2.21. The zero-order valence-electron chi connectivity index (χ0n) is 15.5. The molecule has 0 bridgehead atoms. The van der Waals surface area contributed by atoms with Crippen LogP contribution in [-0.2, 0) is 4.74 Å². The first-order valence-corrected chi connectivity index (χ1v) is 8.56. The third kappa shape index (κ3) is 6.72. The molecule has 2 aliphatic heterocycles. The summed E-state index contributed by atoms with van der Waals surface area (Å²) in [7, 11) is 4.17. The molecule has 1 saturated heterocycles. The smallest absolute Gasteiger partial charge is 0.161 e. The van der Waals surface area contributed by atoms with Gasteiger partial charge >= 0.3 is 0 Å². The Balaban J connectivity index is 0.00000169. The Labute approximate surface area is 169 Å². The summed E-state index contributed by atoms with van der Waals surface area (Å²) in [6.07, 6.45) is 6.04. The van der Waals surface area contributed by atoms with Gasteiger partial charge in [0.2, 0.25) is 0 Å². The van der Waals surface area contributed by atoms with Gasteiger partial charge in [0, 0.05) is 51.5 Å². The fourth-order valence-corrected chi connectivity index (χ4v) is 2.84. The maximum Gasteiger partial charge on any atom is 0.161 e. The van der Waals surface area contributed by atoms with Crippen molar-refractivity contribution in [1.29, 1.82) is 0 Å². The molecule has 0 atom stereocenters. The molecule has 1 fully saturated rings. The minimum absolute atomic E-state index is 0. The standard InChI is InChI=1S/C19H27N3O2.2ClH/c1-20-9-11-22(12-10-20)13-14-23-19-6-4-3-5-17(19)7-8-18-15-21(2)16-24-18;;/h3-8,15H,9-14,16H2,1-2H3;2*1H/b8-7+;;. The lowest BCUT2D eigenvalue weighted by molar-refractivity contribution is 0.133. The van der Waals surface area contributed by atoms with E-state index in [0.717, 1.165) is 56.4 Å². The fourth-order valence-electron chi connectivity index (χ4n) is 2.84. The van der Waals surface area contributed by atoms with E-state index in [1.54, 1.807) is 0 Å². The quantitative estimate of drug-likeness (QED) is 0.730. The van der Waals surface area contributed by atoms with Gasteiger partial charge in [-0.1, -0.05) is 18.2 Å². The Morgan fingerprint density at radius 3 is 2.46 bits per heavy atom. The lowest BCUT2D eigenvalue weighted by Crippen LogP contribution is -2.45. The molecule has 0 radical (unpaired) electrons. The lowest BCUT2D eigenvalue weighted by atomic mass is 10.2. The monoisotopic (exact) mass is 401 g/mol. The zero-order valence-corrected chi connectivity index (χ0v) is 17.1. The molecule has 26 heavy (non-hydrogen) atoms. The molecule has 2 heterocycles. The molecule has 0 saturated carbocycles. The molecule has 0 spiro atoms. The predicted octanol–water partition coefficient (Wildman–Crippen LogP) is 2.93. The fraction of sp³-hybridized carbons (Fsp3) is 0.474. The molecule has 0 aliphatic carbocycles. The van der Waals surface area contributed by atoms with Gasteiger partial charge in [0.25, 0.3) is 0 Å². The van der Waals surface area contributed by atoms with Gasteiger partial charge in [-0.05, 0) is 25.3 Å². The van der Waals surface area contributed by atoms with Crippen LogP contribution in [0.1, 0.15) is 5.56 Å². The number of para-hydroxylation sites is 1. The van der Waals surface area contributed by atoms with Crippen LogP contribution < -0.4 is 4.74 Å². The second-order valence-electron chi connectivity index (χ2n) is 6.43. The van der Waals surface area contributed by atoms with Crippen molar-refractivity contribution >= 4 is 30.9 Å². The maximum absolute atomic E-state index is 6.03. The Kier molecular flexibility index (Phi) is 9.88. The second-order valence-corrected chi connectivity index (χ2v) is 6.43. The topological polar surface area (TPSA) is 28.2 Å². The van der Waals surface area contributed by atoms with Crippen LogP contribution in [-0.4, -0.2) is 74.9 Å². The van der Waals surface area contributed by atoms with Crippen LogP contribution in [0.5, 0.6) is 5.75 Å². The van der Waals surface area contributed by atoms with E-state index in [0.29, 0.717) is 6.73 Å². The summed E-state index contributed by atoms with van der Waals surface area (Å²) in [5, 5.41) is 0. The first kappa shape index (κ1) is 22.6. The van der Waals surface area contributed by atoms with Gasteiger partial charge in [-0.25, -0.2) is 0 Å². The highest BCUT2D eigenvalue weighted by atomic mass is 35.5. The van der Waals surface area contributed by atoms with Crippen molar-refractivity contribution in [3.63, 3.8) is 0 Å². The van der Waals surface area contributed by atoms with Gasteiger partial charge in [-0.15, -0.1) is 24.8 Å². The van der Waals surface area contributed by atoms with Crippen LogP contribution >= 0.6 is 24.8 Å². The molecule has 1 aromatic carbocycles. The van der Waals surface area contributed by atoms with Crippen LogP contribution in [0.4, 0.5) is 0 Å². The first-order valence-electron chi connectivity index (χ1n) is 8.56. The number of nitrogens with zero attached hydrogens (tertiary/aromatic N) is 3. The van der Waals surface area contributed by atoms with E-state index in [1.165, 1.54) is 0 Å². The van der Waals surface area contributed by atoms with Crippen molar-refractivity contribution in [3.8, 4) is 5.75 Å². The highest BCUT2D eigenvalue weighted by molar-refractivity contribution is 5.85. The average molecular weight is 402 g/mol. The number of ether oxygens (including phenoxy) is 2. The summed E-state index contributed by atoms with van der Waals surface area (Å²) in [6.45, 7) is 6.84. The van der Waals surface area contributed by atoms with Crippen LogP contribution in [0.25, 0.3) is 6.08 Å².